The number of ether oxygens (including phenoxy) is 3. The number of methoxy groups -OCH3 is 1. The summed E-state index contributed by atoms with van der Waals surface area (Å²) in [6, 6.07) is 11.9. The van der Waals surface area contributed by atoms with Gasteiger partial charge in [0.2, 0.25) is 0 Å². The second-order valence-corrected chi connectivity index (χ2v) is 13.5. The van der Waals surface area contributed by atoms with Crippen LogP contribution in [0, 0.1) is 20.9 Å². The highest BCUT2D eigenvalue weighted by Gasteiger charge is 2.49. The lowest BCUT2D eigenvalue weighted by molar-refractivity contribution is -0.384. The first-order chi connectivity index (χ1) is 20.8. The molecule has 2 aliphatic carbocycles. The Morgan fingerprint density at radius 1 is 0.886 bits per heavy atom. The largest absolute Gasteiger partial charge is 0.490 e. The lowest BCUT2D eigenvalue weighted by atomic mass is 9.63. The number of benzene rings is 2. The minimum atomic E-state index is -0.504. The third-order valence-corrected chi connectivity index (χ3v) is 8.66. The van der Waals surface area contributed by atoms with Gasteiger partial charge in [0.05, 0.1) is 18.1 Å². The number of hydrogen-bond donors (Lipinski definition) is 0. The summed E-state index contributed by atoms with van der Waals surface area (Å²) < 4.78 is 17.6. The summed E-state index contributed by atoms with van der Waals surface area (Å²) in [6.07, 6.45) is 2.27. The van der Waals surface area contributed by atoms with Crippen LogP contribution in [-0.4, -0.2) is 48.3 Å². The first-order valence-electron chi connectivity index (χ1n) is 15.3. The van der Waals surface area contributed by atoms with Crippen molar-refractivity contribution in [3.63, 3.8) is 0 Å². The van der Waals surface area contributed by atoms with E-state index in [1.54, 1.807) is 19.2 Å². The quantitative estimate of drug-likeness (QED) is 0.213. The molecule has 9 nitrogen and oxygen atoms in total. The third kappa shape index (κ3) is 6.29. The Bertz CT molecular complexity index is 1500. The van der Waals surface area contributed by atoms with Crippen LogP contribution in [0.1, 0.15) is 77.3 Å². The van der Waals surface area contributed by atoms with Gasteiger partial charge in [-0.15, -0.1) is 0 Å². The van der Waals surface area contributed by atoms with Crippen LogP contribution in [0.3, 0.4) is 0 Å². The maximum Gasteiger partial charge on any atom is 0.269 e. The van der Waals surface area contributed by atoms with Crippen LogP contribution < -0.4 is 9.47 Å². The highest BCUT2D eigenvalue weighted by atomic mass is 16.6. The topological polar surface area (TPSA) is 108 Å². The molecule has 1 heterocycles. The molecule has 0 spiro atoms. The average molecular weight is 603 g/mol. The lowest BCUT2D eigenvalue weighted by Gasteiger charge is -2.49. The van der Waals surface area contributed by atoms with Gasteiger partial charge < -0.3 is 19.1 Å². The number of Topliss-reactive ketones (excluding diaryl/α,β-unsaturated/α-hetero) is 2. The first kappa shape index (κ1) is 31.4. The van der Waals surface area contributed by atoms with Crippen molar-refractivity contribution in [1.29, 1.82) is 0 Å². The van der Waals surface area contributed by atoms with Crippen molar-refractivity contribution in [2.75, 3.05) is 26.9 Å². The smallest absolute Gasteiger partial charge is 0.269 e. The molecule has 0 atom stereocenters. The van der Waals surface area contributed by atoms with Crippen LogP contribution in [0.15, 0.2) is 65.0 Å². The van der Waals surface area contributed by atoms with E-state index in [0.29, 0.717) is 60.8 Å². The van der Waals surface area contributed by atoms with E-state index < -0.39 is 10.8 Å². The Kier molecular flexibility index (Phi) is 8.71. The van der Waals surface area contributed by atoms with Gasteiger partial charge in [0.25, 0.3) is 5.69 Å². The van der Waals surface area contributed by atoms with Crippen LogP contribution in [0.2, 0.25) is 0 Å². The molecule has 9 heteroatoms. The number of rotatable bonds is 10. The van der Waals surface area contributed by atoms with E-state index in [-0.39, 0.29) is 34.7 Å². The summed E-state index contributed by atoms with van der Waals surface area (Å²) in [5.41, 5.74) is 4.41. The Hall–Kier alpha value is -3.98. The van der Waals surface area contributed by atoms with Crippen molar-refractivity contribution in [2.45, 2.75) is 72.8 Å². The Balaban J connectivity index is 1.60. The normalized spacial score (nSPS) is 19.5. The molecular formula is C35H42N2O7. The molecule has 2 aromatic carbocycles. The number of hydrogen-bond acceptors (Lipinski definition) is 8. The molecule has 0 aromatic heterocycles. The molecule has 234 valence electrons. The van der Waals surface area contributed by atoms with Gasteiger partial charge in [-0.3, -0.25) is 19.7 Å². The second-order valence-electron chi connectivity index (χ2n) is 13.5. The molecule has 2 aromatic rings. The molecule has 1 aliphatic heterocycles. The molecule has 0 N–H and O–H groups in total. The van der Waals surface area contributed by atoms with E-state index >= 15 is 0 Å². The van der Waals surface area contributed by atoms with Gasteiger partial charge in [-0.25, -0.2) is 0 Å². The van der Waals surface area contributed by atoms with E-state index in [4.69, 9.17) is 14.2 Å². The number of carbonyl (C=O) groups excluding carboxylic acids is 2. The van der Waals surface area contributed by atoms with Crippen LogP contribution in [-0.2, 0) is 20.9 Å². The van der Waals surface area contributed by atoms with Crippen molar-refractivity contribution in [2.24, 2.45) is 10.8 Å². The number of nitro benzene ring substituents is 1. The first-order valence-corrected chi connectivity index (χ1v) is 15.3. The fraction of sp³-hybridized carbons (Fsp3) is 0.486. The maximum absolute atomic E-state index is 14.0. The van der Waals surface area contributed by atoms with Gasteiger partial charge in [0, 0.05) is 67.1 Å². The van der Waals surface area contributed by atoms with Crippen LogP contribution in [0.4, 0.5) is 5.69 Å². The molecule has 44 heavy (non-hydrogen) atoms. The Morgan fingerprint density at radius 3 is 2.09 bits per heavy atom. The van der Waals surface area contributed by atoms with E-state index in [9.17, 15) is 19.7 Å². The maximum atomic E-state index is 14.0. The zero-order valence-electron chi connectivity index (χ0n) is 26.5. The van der Waals surface area contributed by atoms with Gasteiger partial charge in [0.15, 0.2) is 23.1 Å². The lowest BCUT2D eigenvalue weighted by Crippen LogP contribution is -2.45. The molecule has 0 fully saturated rings. The average Bonchev–Trinajstić information content (AvgIpc) is 2.94. The fourth-order valence-corrected chi connectivity index (χ4v) is 6.85. The molecule has 5 rings (SSSR count). The molecule has 0 unspecified atom stereocenters. The van der Waals surface area contributed by atoms with Crippen molar-refractivity contribution in [1.82, 2.24) is 4.90 Å². The zero-order valence-corrected chi connectivity index (χ0v) is 26.5. The molecule has 0 bridgehead atoms. The molecule has 3 aliphatic rings. The minimum Gasteiger partial charge on any atom is -0.490 e. The van der Waals surface area contributed by atoms with Crippen LogP contribution in [0.5, 0.6) is 11.5 Å². The van der Waals surface area contributed by atoms with Gasteiger partial charge in [-0.05, 0) is 53.9 Å². The number of carbonyl (C=O) groups is 2. The van der Waals surface area contributed by atoms with Gasteiger partial charge >= 0.3 is 0 Å². The summed E-state index contributed by atoms with van der Waals surface area (Å²) in [6.45, 7) is 11.9. The van der Waals surface area contributed by atoms with Gasteiger partial charge in [0.1, 0.15) is 6.61 Å². The predicted molar refractivity (Wildman–Crippen MR) is 166 cm³/mol. The monoisotopic (exact) mass is 602 g/mol. The summed E-state index contributed by atoms with van der Waals surface area (Å²) in [5.74, 6) is 0.605. The van der Waals surface area contributed by atoms with Gasteiger partial charge in [-0.1, -0.05) is 45.9 Å². The second kappa shape index (κ2) is 12.2. The Labute approximate surface area is 259 Å². The summed E-state index contributed by atoms with van der Waals surface area (Å²) >= 11 is 0. The van der Waals surface area contributed by atoms with Crippen molar-refractivity contribution in [3.05, 3.63) is 86.2 Å². The predicted octanol–water partition coefficient (Wildman–Crippen LogP) is 6.90. The summed E-state index contributed by atoms with van der Waals surface area (Å²) in [7, 11) is 1.67. The van der Waals surface area contributed by atoms with Crippen LogP contribution in [0.25, 0.3) is 0 Å². The molecule has 0 saturated heterocycles. The third-order valence-electron chi connectivity index (χ3n) is 8.66. The number of allylic oxidation sites excluding steroid dienone is 4. The zero-order chi connectivity index (χ0) is 31.8. The van der Waals surface area contributed by atoms with Crippen LogP contribution >= 0.6 is 0 Å². The van der Waals surface area contributed by atoms with E-state index in [1.165, 1.54) is 12.1 Å². The van der Waals surface area contributed by atoms with E-state index in [0.717, 1.165) is 29.8 Å². The molecule has 0 amide bonds. The van der Waals surface area contributed by atoms with E-state index in [2.05, 4.69) is 32.6 Å². The molecular weight excluding hydrogens is 560 g/mol. The summed E-state index contributed by atoms with van der Waals surface area (Å²) in [5, 5.41) is 11.2. The Morgan fingerprint density at radius 2 is 1.52 bits per heavy atom. The minimum absolute atomic E-state index is 0.00266. The fourth-order valence-electron chi connectivity index (χ4n) is 6.85. The number of non-ortho nitro benzene ring substituents is 1. The standard InChI is InChI=1S/C35H42N2O7/c1-7-43-30-16-23(11-12-29(30)44-21-22-9-8-10-24(15-22)37(40)41)31-32-25(17-34(2,3)19-27(32)38)36(13-14-42-6)26-18-35(4,5)20-28(39)33(26)31/h8-12,15-16,31H,7,13-14,17-21H2,1-6H3. The molecule has 0 radical (unpaired) electrons. The van der Waals surface area contributed by atoms with Gasteiger partial charge in [-0.2, -0.15) is 0 Å². The SMILES string of the molecule is CCOc1cc(C2C3=C(CC(C)(C)CC3=O)N(CCOC)C3=C2C(=O)CC(C)(C)C3)ccc1OCc1cccc([N+](=O)[O-])c1. The number of nitrogens with zero attached hydrogens (tertiary/aromatic N) is 2. The molecule has 0 saturated carbocycles. The highest BCUT2D eigenvalue weighted by Crippen LogP contribution is 2.54. The van der Waals surface area contributed by atoms with E-state index in [1.807, 2.05) is 25.1 Å². The van der Waals surface area contributed by atoms with Crippen molar-refractivity contribution in [3.8, 4) is 11.5 Å². The number of nitro groups is 1. The number of ketones is 2. The van der Waals surface area contributed by atoms with Crippen molar-refractivity contribution >= 4 is 17.3 Å². The highest BCUT2D eigenvalue weighted by molar-refractivity contribution is 6.06. The van der Waals surface area contributed by atoms with Crippen molar-refractivity contribution < 1.29 is 28.7 Å². The summed E-state index contributed by atoms with van der Waals surface area (Å²) in [4.78, 5) is 41.0.